The Kier molecular flexibility index (Phi) is 9.01. The first-order valence-corrected chi connectivity index (χ1v) is 18.4. The zero-order chi connectivity index (χ0) is 31.1. The minimum absolute atomic E-state index is 0.113. The zero-order valence-electron chi connectivity index (χ0n) is 26.1. The van der Waals surface area contributed by atoms with Crippen LogP contribution >= 0.6 is 11.6 Å². The van der Waals surface area contributed by atoms with Crippen LogP contribution in [0.2, 0.25) is 5.02 Å². The molecule has 1 unspecified atom stereocenters. The summed E-state index contributed by atoms with van der Waals surface area (Å²) in [7, 11) is -1.22. The van der Waals surface area contributed by atoms with E-state index in [9.17, 15) is 14.1 Å². The van der Waals surface area contributed by atoms with Gasteiger partial charge in [-0.3, -0.25) is 9.52 Å². The molecule has 9 heteroatoms. The molecule has 0 saturated heterocycles. The van der Waals surface area contributed by atoms with E-state index in [0.29, 0.717) is 38.0 Å². The minimum atomic E-state index is -2.89. The number of aliphatic hydroxyl groups is 1. The Morgan fingerprint density at radius 1 is 1.16 bits per heavy atom. The van der Waals surface area contributed by atoms with Crippen LogP contribution in [-0.4, -0.2) is 65.4 Å². The Bertz CT molecular complexity index is 1500. The second-order valence-corrected chi connectivity index (χ2v) is 16.5. The van der Waals surface area contributed by atoms with Crippen molar-refractivity contribution in [3.05, 3.63) is 58.1 Å². The zero-order valence-corrected chi connectivity index (χ0v) is 27.7. The summed E-state index contributed by atoms with van der Waals surface area (Å²) in [5.74, 6) is 4.77. The summed E-state index contributed by atoms with van der Waals surface area (Å²) in [5, 5.41) is 12.6. The number of aryl methyl sites for hydroxylation is 1. The van der Waals surface area contributed by atoms with Crippen molar-refractivity contribution in [1.82, 2.24) is 4.72 Å². The van der Waals surface area contributed by atoms with Crippen molar-refractivity contribution in [2.24, 2.45) is 11.8 Å². The van der Waals surface area contributed by atoms with Gasteiger partial charge in [-0.05, 0) is 111 Å². The van der Waals surface area contributed by atoms with Crippen LogP contribution < -0.4 is 14.4 Å². The maximum absolute atomic E-state index is 13.8. The number of fused-ring (bicyclic) bond motifs is 4. The number of methoxy groups -OCH3 is 1. The molecule has 6 atom stereocenters. The van der Waals surface area contributed by atoms with E-state index in [1.807, 2.05) is 25.1 Å². The molecule has 2 aliphatic heterocycles. The van der Waals surface area contributed by atoms with E-state index in [-0.39, 0.29) is 28.4 Å². The van der Waals surface area contributed by atoms with Crippen molar-refractivity contribution in [2.75, 3.05) is 38.3 Å². The molecule has 2 aromatic rings. The fourth-order valence-corrected chi connectivity index (χ4v) is 10.3. The van der Waals surface area contributed by atoms with Gasteiger partial charge >= 0.3 is 0 Å². The largest absolute Gasteiger partial charge is 0.490 e. The van der Waals surface area contributed by atoms with Crippen molar-refractivity contribution < 1.29 is 23.6 Å². The predicted octanol–water partition coefficient (Wildman–Crippen LogP) is 5.93. The number of nitrogens with one attached hydrogen (secondary N) is 1. The molecular formula is C35H47ClN2O5S. The molecule has 44 heavy (non-hydrogen) atoms. The van der Waals surface area contributed by atoms with Gasteiger partial charge in [-0.2, -0.15) is 0 Å². The Labute approximate surface area is 267 Å². The van der Waals surface area contributed by atoms with E-state index in [2.05, 4.69) is 27.6 Å². The molecule has 1 spiro atoms. The molecule has 6 rings (SSSR count). The van der Waals surface area contributed by atoms with Crippen LogP contribution in [0.15, 0.2) is 36.4 Å². The molecule has 0 aromatic heterocycles. The summed E-state index contributed by atoms with van der Waals surface area (Å²) in [6, 6.07) is 11.8. The number of hydrogen-bond acceptors (Lipinski definition) is 6. The van der Waals surface area contributed by atoms with Crippen molar-refractivity contribution in [1.29, 1.82) is 0 Å². The third-order valence-electron chi connectivity index (χ3n) is 10.9. The van der Waals surface area contributed by atoms with Crippen LogP contribution in [0.1, 0.15) is 86.2 Å². The Morgan fingerprint density at radius 2 is 2.00 bits per heavy atom. The molecule has 4 aliphatic rings. The summed E-state index contributed by atoms with van der Waals surface area (Å²) in [6.07, 6.45) is 8.58. The lowest BCUT2D eigenvalue weighted by molar-refractivity contribution is -0.125. The lowest BCUT2D eigenvalue weighted by atomic mass is 9.63. The predicted molar refractivity (Wildman–Crippen MR) is 179 cm³/mol. The van der Waals surface area contributed by atoms with Gasteiger partial charge in [0.2, 0.25) is 0 Å². The number of carbonyl (C=O) groups excluding carboxylic acids is 1. The fraction of sp³-hybridized carbons (Fsp3) is 0.600. The summed E-state index contributed by atoms with van der Waals surface area (Å²) >= 11 is 6.43. The fourth-order valence-electron chi connectivity index (χ4n) is 8.41. The van der Waals surface area contributed by atoms with Crippen LogP contribution in [-0.2, 0) is 26.3 Å². The number of carbonyl (C=O) groups is 1. The summed E-state index contributed by atoms with van der Waals surface area (Å²) in [4.78, 5) is 16.0. The Morgan fingerprint density at radius 3 is 2.75 bits per heavy atom. The highest BCUT2D eigenvalue weighted by Crippen LogP contribution is 2.49. The van der Waals surface area contributed by atoms with Crippen LogP contribution in [0, 0.1) is 11.8 Å². The second-order valence-electron chi connectivity index (χ2n) is 13.7. The molecule has 2 aliphatic carbocycles. The smallest absolute Gasteiger partial charge is 0.262 e. The summed E-state index contributed by atoms with van der Waals surface area (Å²) in [6.45, 7) is 4.30. The van der Waals surface area contributed by atoms with Crippen molar-refractivity contribution in [3.8, 4) is 5.75 Å². The van der Waals surface area contributed by atoms with Gasteiger partial charge in [-0.15, -0.1) is 0 Å². The normalized spacial score (nSPS) is 34.1. The molecular weight excluding hydrogens is 596 g/mol. The number of halogens is 1. The summed E-state index contributed by atoms with van der Waals surface area (Å²) in [5.41, 5.74) is 2.72. The third-order valence-corrected chi connectivity index (χ3v) is 13.3. The van der Waals surface area contributed by atoms with Gasteiger partial charge in [-0.25, -0.2) is 4.21 Å². The third kappa shape index (κ3) is 6.00. The van der Waals surface area contributed by atoms with Crippen molar-refractivity contribution in [3.63, 3.8) is 0 Å². The number of hydrogen-bond donors (Lipinski definition) is 2. The van der Waals surface area contributed by atoms with E-state index >= 15 is 0 Å². The molecule has 2 aromatic carbocycles. The van der Waals surface area contributed by atoms with Crippen molar-refractivity contribution in [2.45, 2.75) is 87.4 Å². The van der Waals surface area contributed by atoms with Gasteiger partial charge in [0.25, 0.3) is 5.91 Å². The first-order valence-electron chi connectivity index (χ1n) is 16.3. The van der Waals surface area contributed by atoms with Gasteiger partial charge in [-0.1, -0.05) is 37.4 Å². The monoisotopic (exact) mass is 642 g/mol. The number of nitrogens with zero attached hydrogens (tertiary/aromatic N) is 1. The van der Waals surface area contributed by atoms with E-state index in [4.69, 9.17) is 21.1 Å². The molecule has 1 fully saturated rings. The lowest BCUT2D eigenvalue weighted by Crippen LogP contribution is -2.54. The molecule has 2 bridgehead atoms. The topological polar surface area (TPSA) is 88.1 Å². The molecule has 1 saturated carbocycles. The average molecular weight is 643 g/mol. The molecule has 1 amide bonds. The first-order chi connectivity index (χ1) is 21.1. The second kappa shape index (κ2) is 12.5. The number of anilines is 1. The van der Waals surface area contributed by atoms with Gasteiger partial charge in [0.1, 0.15) is 5.75 Å². The van der Waals surface area contributed by atoms with Gasteiger partial charge in [0, 0.05) is 41.5 Å². The van der Waals surface area contributed by atoms with E-state index in [0.717, 1.165) is 74.5 Å². The number of amides is 1. The van der Waals surface area contributed by atoms with Crippen LogP contribution in [0.25, 0.3) is 0 Å². The van der Waals surface area contributed by atoms with E-state index < -0.39 is 15.3 Å². The number of benzene rings is 2. The van der Waals surface area contributed by atoms with E-state index in [1.165, 1.54) is 11.1 Å². The van der Waals surface area contributed by atoms with Crippen LogP contribution in [0.3, 0.4) is 0 Å². The van der Waals surface area contributed by atoms with Crippen LogP contribution in [0.5, 0.6) is 5.75 Å². The SMILES string of the molecule is C=S1(=O)NC(=O)c2ccc3c(c2)N(C[C@@H]2CC[C@H]2[C@@](O)(COC)CCCC[C@H]1CC)C[C@@]1(CCCc2cc(Cl)ccc21)CO3. The van der Waals surface area contributed by atoms with Gasteiger partial charge in [0.15, 0.2) is 0 Å². The van der Waals surface area contributed by atoms with Crippen LogP contribution in [0.4, 0.5) is 5.69 Å². The maximum Gasteiger partial charge on any atom is 0.262 e. The highest BCUT2D eigenvalue weighted by Gasteiger charge is 2.48. The number of ether oxygens (including phenoxy) is 2. The molecule has 2 heterocycles. The minimum Gasteiger partial charge on any atom is -0.490 e. The Hall–Kier alpha value is -2.26. The highest BCUT2D eigenvalue weighted by molar-refractivity contribution is 7.99. The average Bonchev–Trinajstić information content (AvgIpc) is 3.11. The van der Waals surface area contributed by atoms with E-state index in [1.54, 1.807) is 13.2 Å². The van der Waals surface area contributed by atoms with Gasteiger partial charge in [0.05, 0.1) is 34.2 Å². The van der Waals surface area contributed by atoms with Crippen molar-refractivity contribution >= 4 is 38.8 Å². The maximum atomic E-state index is 13.8. The molecule has 0 radical (unpaired) electrons. The molecule has 240 valence electrons. The molecule has 2 N–H and O–H groups in total. The first kappa shape index (κ1) is 31.7. The lowest BCUT2D eigenvalue weighted by Gasteiger charge is -2.50. The quantitative estimate of drug-likeness (QED) is 0.404. The highest BCUT2D eigenvalue weighted by atomic mass is 35.5. The molecule has 7 nitrogen and oxygen atoms in total. The van der Waals surface area contributed by atoms with Gasteiger partial charge < -0.3 is 19.5 Å². The summed E-state index contributed by atoms with van der Waals surface area (Å²) < 4.78 is 28.8. The Balaban J connectivity index is 1.43. The standard InChI is InChI=1S/C35H47ClN2O5S/c1-4-28-9-5-6-17-35(40,23-42-2)30-13-10-26(30)20-38-21-34(16-7-8-24-18-27(36)12-14-29(24)34)22-43-32-15-11-25(19-31(32)38)33(39)37-44(28,3)41/h11-12,14-15,18-19,26,28,30,40H,3-10,13,16-17,20-23H2,1-2H3,(H,37,39,41)/t26-,28+,30+,34-,35-,44?/m0/s1. The number of rotatable bonds is 3.